The number of carbonyl (C=O) groups excluding carboxylic acids is 1. The quantitative estimate of drug-likeness (QED) is 0.663. The monoisotopic (exact) mass is 400 g/mol. The minimum absolute atomic E-state index is 0.0568. The molecule has 1 aliphatic carbocycles. The standard InChI is InChI=1S/C25H28N4O/c1-16-26-24-20(28(16)2)11-10-19-21(29-12-6-5-9-22(29)30)15-25(27-23(19)24)13-17-7-3-4-8-18(17)14-25/h3-4,7-8,10-11,21,27H,5-6,9,12-15H2,1-2H3. The molecule has 1 aromatic heterocycles. The van der Waals surface area contributed by atoms with Gasteiger partial charge in [-0.3, -0.25) is 4.79 Å². The second-order valence-corrected chi connectivity index (χ2v) is 9.41. The molecule has 154 valence electrons. The van der Waals surface area contributed by atoms with E-state index in [1.165, 1.54) is 16.7 Å². The van der Waals surface area contributed by atoms with Crippen LogP contribution in [0.5, 0.6) is 0 Å². The highest BCUT2D eigenvalue weighted by molar-refractivity contribution is 5.92. The number of hydrogen-bond acceptors (Lipinski definition) is 3. The number of hydrogen-bond donors (Lipinski definition) is 1. The number of aromatic nitrogens is 2. The van der Waals surface area contributed by atoms with Crippen molar-refractivity contribution in [3.05, 3.63) is 58.9 Å². The lowest BCUT2D eigenvalue weighted by Crippen LogP contribution is -2.50. The molecular weight excluding hydrogens is 372 g/mol. The lowest BCUT2D eigenvalue weighted by molar-refractivity contribution is -0.136. The molecule has 3 heterocycles. The van der Waals surface area contributed by atoms with Gasteiger partial charge in [0, 0.05) is 31.1 Å². The summed E-state index contributed by atoms with van der Waals surface area (Å²) in [5.74, 6) is 1.32. The summed E-state index contributed by atoms with van der Waals surface area (Å²) in [7, 11) is 2.08. The lowest BCUT2D eigenvalue weighted by Gasteiger charge is -2.46. The average molecular weight is 401 g/mol. The molecule has 2 aromatic carbocycles. The van der Waals surface area contributed by atoms with E-state index in [4.69, 9.17) is 4.98 Å². The van der Waals surface area contributed by atoms with E-state index < -0.39 is 0 Å². The number of fused-ring (bicyclic) bond motifs is 4. The molecular formula is C25H28N4O. The maximum Gasteiger partial charge on any atom is 0.223 e. The number of anilines is 1. The second-order valence-electron chi connectivity index (χ2n) is 9.41. The van der Waals surface area contributed by atoms with E-state index in [0.717, 1.165) is 61.2 Å². The predicted molar refractivity (Wildman–Crippen MR) is 119 cm³/mol. The summed E-state index contributed by atoms with van der Waals surface area (Å²) < 4.78 is 2.16. The third kappa shape index (κ3) is 2.54. The summed E-state index contributed by atoms with van der Waals surface area (Å²) in [6, 6.07) is 13.3. The highest BCUT2D eigenvalue weighted by Gasteiger charge is 2.46. The SMILES string of the molecule is Cc1nc2c3c(ccc2n1C)C(N1CCCCC1=O)CC1(Cc2ccccc2C1)N3. The molecule has 1 unspecified atom stereocenters. The molecule has 3 aliphatic rings. The Hall–Kier alpha value is -2.82. The molecule has 3 aromatic rings. The summed E-state index contributed by atoms with van der Waals surface area (Å²) in [6.07, 6.45) is 5.76. The first-order valence-corrected chi connectivity index (χ1v) is 11.2. The van der Waals surface area contributed by atoms with Gasteiger partial charge >= 0.3 is 0 Å². The van der Waals surface area contributed by atoms with Crippen molar-refractivity contribution in [2.75, 3.05) is 11.9 Å². The van der Waals surface area contributed by atoms with Crippen LogP contribution in [0.1, 0.15) is 54.2 Å². The van der Waals surface area contributed by atoms with Crippen molar-refractivity contribution in [1.82, 2.24) is 14.5 Å². The van der Waals surface area contributed by atoms with Gasteiger partial charge in [-0.1, -0.05) is 30.3 Å². The summed E-state index contributed by atoms with van der Waals surface area (Å²) in [5, 5.41) is 3.97. The molecule has 0 saturated carbocycles. The number of likely N-dealkylation sites (tertiary alicyclic amines) is 1. The Labute approximate surface area is 177 Å². The van der Waals surface area contributed by atoms with Crippen LogP contribution in [0.4, 0.5) is 5.69 Å². The molecule has 1 atom stereocenters. The lowest BCUT2D eigenvalue weighted by atomic mass is 9.79. The summed E-state index contributed by atoms with van der Waals surface area (Å²) >= 11 is 0. The van der Waals surface area contributed by atoms with Crippen LogP contribution in [-0.2, 0) is 24.7 Å². The zero-order chi connectivity index (χ0) is 20.5. The van der Waals surface area contributed by atoms with Crippen LogP contribution < -0.4 is 5.32 Å². The fourth-order valence-corrected chi connectivity index (χ4v) is 5.96. The smallest absolute Gasteiger partial charge is 0.223 e. The van der Waals surface area contributed by atoms with Gasteiger partial charge in [0.05, 0.1) is 17.2 Å². The number of amides is 1. The van der Waals surface area contributed by atoms with Gasteiger partial charge in [0.1, 0.15) is 11.3 Å². The number of aryl methyl sites for hydroxylation is 2. The van der Waals surface area contributed by atoms with Crippen LogP contribution in [0.25, 0.3) is 11.0 Å². The number of imidazole rings is 1. The molecule has 5 heteroatoms. The fourth-order valence-electron chi connectivity index (χ4n) is 5.96. The van der Waals surface area contributed by atoms with Crippen molar-refractivity contribution in [1.29, 1.82) is 0 Å². The molecule has 0 radical (unpaired) electrons. The van der Waals surface area contributed by atoms with Crippen molar-refractivity contribution in [3.63, 3.8) is 0 Å². The number of carbonyl (C=O) groups is 1. The summed E-state index contributed by atoms with van der Waals surface area (Å²) in [6.45, 7) is 2.92. The van der Waals surface area contributed by atoms with Gasteiger partial charge < -0.3 is 14.8 Å². The molecule has 0 bridgehead atoms. The van der Waals surface area contributed by atoms with E-state index in [9.17, 15) is 4.79 Å². The van der Waals surface area contributed by atoms with Crippen LogP contribution in [-0.4, -0.2) is 32.4 Å². The van der Waals surface area contributed by atoms with E-state index in [1.54, 1.807) is 0 Å². The topological polar surface area (TPSA) is 50.2 Å². The number of piperidine rings is 1. The van der Waals surface area contributed by atoms with E-state index in [0.29, 0.717) is 12.3 Å². The van der Waals surface area contributed by atoms with Crippen LogP contribution in [0.3, 0.4) is 0 Å². The largest absolute Gasteiger partial charge is 0.377 e. The van der Waals surface area contributed by atoms with Crippen molar-refractivity contribution in [2.45, 2.75) is 57.0 Å². The van der Waals surface area contributed by atoms with Crippen LogP contribution in [0.15, 0.2) is 36.4 Å². The Morgan fingerprint density at radius 2 is 1.87 bits per heavy atom. The van der Waals surface area contributed by atoms with Crippen molar-refractivity contribution in [3.8, 4) is 0 Å². The van der Waals surface area contributed by atoms with Gasteiger partial charge in [0.15, 0.2) is 0 Å². The maximum absolute atomic E-state index is 12.9. The number of nitrogens with one attached hydrogen (secondary N) is 1. The van der Waals surface area contributed by atoms with E-state index in [-0.39, 0.29) is 11.6 Å². The maximum atomic E-state index is 12.9. The molecule has 6 rings (SSSR count). The van der Waals surface area contributed by atoms with Gasteiger partial charge in [0.2, 0.25) is 5.91 Å². The molecule has 2 aliphatic heterocycles. The Morgan fingerprint density at radius 3 is 2.60 bits per heavy atom. The third-order valence-corrected chi connectivity index (χ3v) is 7.55. The van der Waals surface area contributed by atoms with Gasteiger partial charge in [-0.05, 0) is 56.2 Å². The van der Waals surface area contributed by atoms with E-state index in [2.05, 4.69) is 65.2 Å². The Balaban J connectivity index is 1.52. The molecule has 30 heavy (non-hydrogen) atoms. The normalized spacial score (nSPS) is 22.3. The highest BCUT2D eigenvalue weighted by atomic mass is 16.2. The van der Waals surface area contributed by atoms with Gasteiger partial charge in [-0.2, -0.15) is 0 Å². The highest BCUT2D eigenvalue weighted by Crippen LogP contribution is 2.49. The van der Waals surface area contributed by atoms with E-state index in [1.807, 2.05) is 0 Å². The molecule has 5 nitrogen and oxygen atoms in total. The van der Waals surface area contributed by atoms with Crippen molar-refractivity contribution in [2.24, 2.45) is 7.05 Å². The second kappa shape index (κ2) is 6.34. The number of benzene rings is 2. The first-order chi connectivity index (χ1) is 14.5. The van der Waals surface area contributed by atoms with Crippen LogP contribution in [0.2, 0.25) is 0 Å². The zero-order valence-electron chi connectivity index (χ0n) is 17.7. The Morgan fingerprint density at radius 1 is 1.10 bits per heavy atom. The molecule has 1 N–H and O–H groups in total. The van der Waals surface area contributed by atoms with Crippen LogP contribution >= 0.6 is 0 Å². The minimum Gasteiger partial charge on any atom is -0.377 e. The zero-order valence-corrected chi connectivity index (χ0v) is 17.7. The van der Waals surface area contributed by atoms with Crippen molar-refractivity contribution >= 4 is 22.6 Å². The average Bonchev–Trinajstić information content (AvgIpc) is 3.24. The minimum atomic E-state index is -0.0568. The summed E-state index contributed by atoms with van der Waals surface area (Å²) in [4.78, 5) is 20.0. The first kappa shape index (κ1) is 18.0. The third-order valence-electron chi connectivity index (χ3n) is 7.55. The van der Waals surface area contributed by atoms with Crippen LogP contribution in [0, 0.1) is 6.92 Å². The predicted octanol–water partition coefficient (Wildman–Crippen LogP) is 4.29. The first-order valence-electron chi connectivity index (χ1n) is 11.2. The number of nitrogens with zero attached hydrogens (tertiary/aromatic N) is 3. The van der Waals surface area contributed by atoms with Gasteiger partial charge in [0.25, 0.3) is 0 Å². The van der Waals surface area contributed by atoms with Gasteiger partial charge in [-0.15, -0.1) is 0 Å². The molecule has 1 amide bonds. The van der Waals surface area contributed by atoms with E-state index >= 15 is 0 Å². The fraction of sp³-hybridized carbons (Fsp3) is 0.440. The number of rotatable bonds is 1. The van der Waals surface area contributed by atoms with Crippen molar-refractivity contribution < 1.29 is 4.79 Å². The molecule has 1 saturated heterocycles. The molecule has 1 fully saturated rings. The Bertz CT molecular complexity index is 1150. The van der Waals surface area contributed by atoms with Gasteiger partial charge in [-0.25, -0.2) is 4.98 Å². The molecule has 1 spiro atoms. The Kier molecular flexibility index (Phi) is 3.80. The summed E-state index contributed by atoms with van der Waals surface area (Å²) in [5.41, 5.74) is 7.37.